The van der Waals surface area contributed by atoms with Gasteiger partial charge in [-0.2, -0.15) is 5.26 Å². The van der Waals surface area contributed by atoms with E-state index in [0.717, 1.165) is 0 Å². The van der Waals surface area contributed by atoms with Gasteiger partial charge in [-0.25, -0.2) is 4.79 Å². The molecule has 6 nitrogen and oxygen atoms in total. The highest BCUT2D eigenvalue weighted by Crippen LogP contribution is 2.16. The minimum Gasteiger partial charge on any atom is -0.482 e. The maximum absolute atomic E-state index is 11.9. The lowest BCUT2D eigenvalue weighted by Gasteiger charge is -2.09. The summed E-state index contributed by atoms with van der Waals surface area (Å²) in [6, 6.07) is 15.0. The molecule has 1 amide bonds. The SMILES string of the molecule is COC(=O)c1cccc(NC(=O)COc2ccccc2C#N)c1. The van der Waals surface area contributed by atoms with Crippen molar-refractivity contribution in [1.29, 1.82) is 5.26 Å². The highest BCUT2D eigenvalue weighted by molar-refractivity contribution is 5.95. The van der Waals surface area contributed by atoms with Crippen LogP contribution >= 0.6 is 0 Å². The monoisotopic (exact) mass is 310 g/mol. The second-order valence-corrected chi connectivity index (χ2v) is 4.52. The molecule has 0 unspecified atom stereocenters. The Labute approximate surface area is 133 Å². The molecule has 2 aromatic rings. The predicted octanol–water partition coefficient (Wildman–Crippen LogP) is 2.36. The number of hydrogen-bond acceptors (Lipinski definition) is 5. The molecule has 0 aliphatic heterocycles. The Morgan fingerprint density at radius 3 is 2.70 bits per heavy atom. The lowest BCUT2D eigenvalue weighted by molar-refractivity contribution is -0.118. The third kappa shape index (κ3) is 4.32. The van der Waals surface area contributed by atoms with Crippen LogP contribution in [-0.2, 0) is 9.53 Å². The van der Waals surface area contributed by atoms with Gasteiger partial charge in [0.2, 0.25) is 0 Å². The molecule has 2 aromatic carbocycles. The van der Waals surface area contributed by atoms with Crippen LogP contribution in [0.3, 0.4) is 0 Å². The fourth-order valence-corrected chi connectivity index (χ4v) is 1.87. The van der Waals surface area contributed by atoms with Gasteiger partial charge in [-0.1, -0.05) is 18.2 Å². The van der Waals surface area contributed by atoms with Gasteiger partial charge in [0.05, 0.1) is 18.2 Å². The zero-order chi connectivity index (χ0) is 16.7. The number of anilines is 1. The van der Waals surface area contributed by atoms with Crippen LogP contribution in [0.25, 0.3) is 0 Å². The van der Waals surface area contributed by atoms with Crippen LogP contribution in [0.15, 0.2) is 48.5 Å². The second-order valence-electron chi connectivity index (χ2n) is 4.52. The van der Waals surface area contributed by atoms with Gasteiger partial charge < -0.3 is 14.8 Å². The van der Waals surface area contributed by atoms with E-state index in [-0.39, 0.29) is 6.61 Å². The summed E-state index contributed by atoms with van der Waals surface area (Å²) in [6.07, 6.45) is 0. The summed E-state index contributed by atoms with van der Waals surface area (Å²) in [5.41, 5.74) is 1.14. The first-order valence-electron chi connectivity index (χ1n) is 6.74. The van der Waals surface area contributed by atoms with Crippen molar-refractivity contribution in [2.45, 2.75) is 0 Å². The average Bonchev–Trinajstić information content (AvgIpc) is 2.59. The number of carbonyl (C=O) groups is 2. The number of rotatable bonds is 5. The lowest BCUT2D eigenvalue weighted by Crippen LogP contribution is -2.20. The fourth-order valence-electron chi connectivity index (χ4n) is 1.87. The number of nitrogens with one attached hydrogen (secondary N) is 1. The van der Waals surface area contributed by atoms with E-state index in [4.69, 9.17) is 10.00 Å². The highest BCUT2D eigenvalue weighted by Gasteiger charge is 2.09. The molecule has 0 aliphatic carbocycles. The molecule has 0 heterocycles. The van der Waals surface area contributed by atoms with Crippen LogP contribution in [0, 0.1) is 11.3 Å². The molecule has 2 rings (SSSR count). The molecule has 0 aromatic heterocycles. The molecule has 0 spiro atoms. The number of nitriles is 1. The van der Waals surface area contributed by atoms with E-state index in [2.05, 4.69) is 10.1 Å². The molecule has 0 fully saturated rings. The summed E-state index contributed by atoms with van der Waals surface area (Å²) in [7, 11) is 1.29. The third-order valence-electron chi connectivity index (χ3n) is 2.93. The van der Waals surface area contributed by atoms with Gasteiger partial charge in [0.25, 0.3) is 5.91 Å². The molecular formula is C17H14N2O4. The van der Waals surface area contributed by atoms with Gasteiger partial charge in [-0.15, -0.1) is 0 Å². The van der Waals surface area contributed by atoms with Crippen LogP contribution in [0.4, 0.5) is 5.69 Å². The zero-order valence-corrected chi connectivity index (χ0v) is 12.4. The van der Waals surface area contributed by atoms with Crippen LogP contribution in [0.1, 0.15) is 15.9 Å². The van der Waals surface area contributed by atoms with Crippen molar-refractivity contribution in [3.05, 3.63) is 59.7 Å². The Hall–Kier alpha value is -3.33. The quantitative estimate of drug-likeness (QED) is 0.856. The number of carbonyl (C=O) groups excluding carboxylic acids is 2. The smallest absolute Gasteiger partial charge is 0.337 e. The number of para-hydroxylation sites is 1. The Balaban J connectivity index is 1.98. The van der Waals surface area contributed by atoms with Crippen LogP contribution in [0.2, 0.25) is 0 Å². The first-order valence-corrected chi connectivity index (χ1v) is 6.74. The number of benzene rings is 2. The van der Waals surface area contributed by atoms with Gasteiger partial charge in [0.1, 0.15) is 11.8 Å². The van der Waals surface area contributed by atoms with Crippen molar-refractivity contribution in [3.63, 3.8) is 0 Å². The summed E-state index contributed by atoms with van der Waals surface area (Å²) in [6.45, 7) is -0.249. The number of nitrogens with zero attached hydrogens (tertiary/aromatic N) is 1. The highest BCUT2D eigenvalue weighted by atomic mass is 16.5. The van der Waals surface area contributed by atoms with Crippen molar-refractivity contribution in [1.82, 2.24) is 0 Å². The standard InChI is InChI=1S/C17H14N2O4/c1-22-17(21)12-6-4-7-14(9-12)19-16(20)11-23-15-8-3-2-5-13(15)10-18/h2-9H,11H2,1H3,(H,19,20). The molecule has 23 heavy (non-hydrogen) atoms. The van der Waals surface area contributed by atoms with Gasteiger partial charge in [0.15, 0.2) is 6.61 Å². The zero-order valence-electron chi connectivity index (χ0n) is 12.4. The molecule has 0 atom stereocenters. The van der Waals surface area contributed by atoms with E-state index in [0.29, 0.717) is 22.6 Å². The van der Waals surface area contributed by atoms with E-state index < -0.39 is 11.9 Å². The Morgan fingerprint density at radius 1 is 1.17 bits per heavy atom. The van der Waals surface area contributed by atoms with E-state index in [1.807, 2.05) is 6.07 Å². The Bertz CT molecular complexity index is 765. The molecule has 0 bridgehead atoms. The first-order chi connectivity index (χ1) is 11.1. The molecule has 0 saturated carbocycles. The number of ether oxygens (including phenoxy) is 2. The molecule has 0 saturated heterocycles. The largest absolute Gasteiger partial charge is 0.482 e. The maximum Gasteiger partial charge on any atom is 0.337 e. The Kier molecular flexibility index (Phi) is 5.31. The van der Waals surface area contributed by atoms with Crippen LogP contribution in [-0.4, -0.2) is 25.6 Å². The fraction of sp³-hybridized carbons (Fsp3) is 0.118. The minimum absolute atomic E-state index is 0.249. The third-order valence-corrected chi connectivity index (χ3v) is 2.93. The molecule has 0 radical (unpaired) electrons. The summed E-state index contributed by atoms with van der Waals surface area (Å²) in [4.78, 5) is 23.3. The van der Waals surface area contributed by atoms with E-state index in [9.17, 15) is 9.59 Å². The van der Waals surface area contributed by atoms with E-state index >= 15 is 0 Å². The maximum atomic E-state index is 11.9. The van der Waals surface area contributed by atoms with Gasteiger partial charge in [-0.05, 0) is 30.3 Å². The molecule has 116 valence electrons. The summed E-state index contributed by atoms with van der Waals surface area (Å²) < 4.78 is 9.95. The van der Waals surface area contributed by atoms with Crippen molar-refractivity contribution >= 4 is 17.6 Å². The van der Waals surface area contributed by atoms with Crippen molar-refractivity contribution in [2.75, 3.05) is 19.0 Å². The number of hydrogen-bond donors (Lipinski definition) is 1. The first kappa shape index (κ1) is 16.0. The predicted molar refractivity (Wildman–Crippen MR) is 83.1 cm³/mol. The number of methoxy groups -OCH3 is 1. The summed E-state index contributed by atoms with van der Waals surface area (Å²) >= 11 is 0. The topological polar surface area (TPSA) is 88.4 Å². The van der Waals surface area contributed by atoms with Gasteiger partial charge in [-0.3, -0.25) is 4.79 Å². The van der Waals surface area contributed by atoms with Crippen LogP contribution < -0.4 is 10.1 Å². The molecular weight excluding hydrogens is 296 g/mol. The van der Waals surface area contributed by atoms with Crippen molar-refractivity contribution in [2.24, 2.45) is 0 Å². The molecule has 0 aliphatic rings. The normalized spacial score (nSPS) is 9.57. The van der Waals surface area contributed by atoms with Crippen LogP contribution in [0.5, 0.6) is 5.75 Å². The number of amides is 1. The molecule has 1 N–H and O–H groups in total. The lowest BCUT2D eigenvalue weighted by atomic mass is 10.2. The average molecular weight is 310 g/mol. The van der Waals surface area contributed by atoms with E-state index in [1.165, 1.54) is 13.2 Å². The molecule has 6 heteroatoms. The van der Waals surface area contributed by atoms with E-state index in [1.54, 1.807) is 42.5 Å². The number of esters is 1. The minimum atomic E-state index is -0.486. The van der Waals surface area contributed by atoms with Gasteiger partial charge in [0, 0.05) is 5.69 Å². The Morgan fingerprint density at radius 2 is 1.96 bits per heavy atom. The summed E-state index contributed by atoms with van der Waals surface area (Å²) in [5, 5.41) is 11.6. The second kappa shape index (κ2) is 7.61. The summed E-state index contributed by atoms with van der Waals surface area (Å²) in [5.74, 6) is -0.548. The van der Waals surface area contributed by atoms with Crippen molar-refractivity contribution in [3.8, 4) is 11.8 Å². The van der Waals surface area contributed by atoms with Crippen molar-refractivity contribution < 1.29 is 19.1 Å². The van der Waals surface area contributed by atoms with Gasteiger partial charge >= 0.3 is 5.97 Å².